The summed E-state index contributed by atoms with van der Waals surface area (Å²) in [5.74, 6) is -2.04. The minimum Gasteiger partial charge on any atom is -0.489 e. The lowest BCUT2D eigenvalue weighted by atomic mass is 10.1. The second-order valence-corrected chi connectivity index (χ2v) is 4.81. The third-order valence-electron chi connectivity index (χ3n) is 3.09. The first-order chi connectivity index (χ1) is 11.2. The van der Waals surface area contributed by atoms with Gasteiger partial charge in [-0.05, 0) is 24.1 Å². The smallest absolute Gasteiger partial charge is 0.489 e. The molecule has 0 heterocycles. The molecule has 0 saturated carbocycles. The van der Waals surface area contributed by atoms with Gasteiger partial charge in [0, 0.05) is 24.1 Å². The van der Waals surface area contributed by atoms with E-state index in [2.05, 4.69) is 0 Å². The van der Waals surface area contributed by atoms with E-state index in [9.17, 15) is 22.4 Å². The molecule has 0 saturated heterocycles. The molecule has 0 atom stereocenters. The molecule has 0 bridgehead atoms. The van der Waals surface area contributed by atoms with Crippen molar-refractivity contribution in [2.75, 3.05) is 13.2 Å². The average molecular weight is 349 g/mol. The number of halogens is 4. The molecule has 24 heavy (non-hydrogen) atoms. The predicted molar refractivity (Wildman–Crippen MR) is 76.5 cm³/mol. The Morgan fingerprint density at radius 1 is 1.33 bits per heavy atom. The van der Waals surface area contributed by atoms with Crippen LogP contribution in [-0.2, 0) is 11.2 Å². The molecule has 0 aliphatic heterocycles. The van der Waals surface area contributed by atoms with Crippen molar-refractivity contribution < 1.29 is 37.0 Å². The molecule has 0 spiro atoms. The minimum absolute atomic E-state index is 0.111. The quantitative estimate of drug-likeness (QED) is 0.816. The Hall–Kier alpha value is -2.42. The zero-order valence-corrected chi connectivity index (χ0v) is 12.4. The highest BCUT2D eigenvalue weighted by atomic mass is 19.4. The van der Waals surface area contributed by atoms with Crippen LogP contribution in [0.2, 0.25) is 0 Å². The zero-order valence-electron chi connectivity index (χ0n) is 12.4. The number of carboxylic acids is 1. The van der Waals surface area contributed by atoms with Crippen molar-refractivity contribution in [3.63, 3.8) is 0 Å². The Morgan fingerprint density at radius 3 is 2.46 bits per heavy atom. The molecule has 0 unspecified atom stereocenters. The van der Waals surface area contributed by atoms with Gasteiger partial charge in [0.2, 0.25) is 0 Å². The summed E-state index contributed by atoms with van der Waals surface area (Å²) in [6.07, 6.45) is -3.26. The van der Waals surface area contributed by atoms with E-state index in [1.807, 2.05) is 6.07 Å². The molecule has 2 rings (SSSR count). The summed E-state index contributed by atoms with van der Waals surface area (Å²) in [5, 5.41) is 7.12. The van der Waals surface area contributed by atoms with Gasteiger partial charge in [-0.2, -0.15) is 13.2 Å². The number of ether oxygens (including phenoxy) is 1. The van der Waals surface area contributed by atoms with E-state index in [0.717, 1.165) is 17.5 Å². The second kappa shape index (κ2) is 8.44. The van der Waals surface area contributed by atoms with E-state index in [1.165, 1.54) is 0 Å². The molecule has 0 aromatic heterocycles. The van der Waals surface area contributed by atoms with Crippen LogP contribution in [0.3, 0.4) is 0 Å². The molecule has 1 aliphatic rings. The van der Waals surface area contributed by atoms with Crippen LogP contribution >= 0.6 is 0 Å². The monoisotopic (exact) mass is 349 g/mol. The normalized spacial score (nSPS) is 13.9. The summed E-state index contributed by atoms with van der Waals surface area (Å²) in [6.45, 7) is 0.236. The number of alkyl halides is 3. The van der Waals surface area contributed by atoms with E-state index < -0.39 is 12.1 Å². The highest BCUT2D eigenvalue weighted by Crippen LogP contribution is 2.26. The summed E-state index contributed by atoms with van der Waals surface area (Å²) < 4.78 is 49.4. The summed E-state index contributed by atoms with van der Waals surface area (Å²) in [4.78, 5) is 20.4. The molecule has 9 heteroatoms. The van der Waals surface area contributed by atoms with Gasteiger partial charge < -0.3 is 15.6 Å². The number of rotatable bonds is 4. The van der Waals surface area contributed by atoms with Gasteiger partial charge in [-0.25, -0.2) is 9.18 Å². The Balaban J connectivity index is 0.000000351. The molecule has 1 aliphatic carbocycles. The van der Waals surface area contributed by atoms with Gasteiger partial charge in [0.1, 0.15) is 12.4 Å². The summed E-state index contributed by atoms with van der Waals surface area (Å²) in [5.41, 5.74) is 7.48. The van der Waals surface area contributed by atoms with Gasteiger partial charge >= 0.3 is 12.1 Å². The number of carbonyl (C=O) groups is 2. The number of aryl methyl sites for hydroxylation is 1. The van der Waals surface area contributed by atoms with Crippen molar-refractivity contribution >= 4 is 11.8 Å². The van der Waals surface area contributed by atoms with Crippen LogP contribution in [0.1, 0.15) is 22.3 Å². The minimum atomic E-state index is -5.08. The molecule has 0 fully saturated rings. The van der Waals surface area contributed by atoms with Gasteiger partial charge in [-0.15, -0.1) is 0 Å². The first-order valence-corrected chi connectivity index (χ1v) is 6.76. The van der Waals surface area contributed by atoms with Crippen LogP contribution in [0, 0.1) is 0 Å². The summed E-state index contributed by atoms with van der Waals surface area (Å²) >= 11 is 0. The topological polar surface area (TPSA) is 89.6 Å². The van der Waals surface area contributed by atoms with E-state index in [0.29, 0.717) is 24.1 Å². The van der Waals surface area contributed by atoms with Crippen LogP contribution in [-0.4, -0.2) is 36.2 Å². The molecule has 5 nitrogen and oxygen atoms in total. The fourth-order valence-electron chi connectivity index (χ4n) is 1.82. The SMILES string of the molecule is NC/C(=C/F)COc1ccc2c(c1)C(=O)CC2.O=C(O)C(F)(F)F. The highest BCUT2D eigenvalue weighted by Gasteiger charge is 2.38. The fourth-order valence-corrected chi connectivity index (χ4v) is 1.82. The van der Waals surface area contributed by atoms with Crippen LogP contribution < -0.4 is 10.5 Å². The van der Waals surface area contributed by atoms with Crippen molar-refractivity contribution in [1.82, 2.24) is 0 Å². The first-order valence-electron chi connectivity index (χ1n) is 6.76. The van der Waals surface area contributed by atoms with Crippen LogP contribution in [0.4, 0.5) is 17.6 Å². The van der Waals surface area contributed by atoms with Crippen LogP contribution in [0.5, 0.6) is 5.75 Å². The Bertz CT molecular complexity index is 641. The largest absolute Gasteiger partial charge is 0.490 e. The maximum absolute atomic E-state index is 12.3. The second-order valence-electron chi connectivity index (χ2n) is 4.81. The standard InChI is InChI=1S/C13H14FNO2.C2HF3O2/c14-6-9(7-15)8-17-11-3-1-10-2-4-13(16)12(10)5-11;3-2(4,5)1(6)7/h1,3,5-6H,2,4,7-8,15H2;(H,6,7)/b9-6-;. The third kappa shape index (κ3) is 5.65. The molecule has 1 aromatic carbocycles. The van der Waals surface area contributed by atoms with Gasteiger partial charge in [0.15, 0.2) is 5.78 Å². The van der Waals surface area contributed by atoms with Crippen molar-refractivity contribution in [3.8, 4) is 5.75 Å². The van der Waals surface area contributed by atoms with E-state index in [-0.39, 0.29) is 18.9 Å². The fraction of sp³-hybridized carbons (Fsp3) is 0.333. The summed E-state index contributed by atoms with van der Waals surface area (Å²) in [7, 11) is 0. The maximum Gasteiger partial charge on any atom is 0.490 e. The molecular formula is C15H15F4NO4. The number of benzene rings is 1. The number of carbonyl (C=O) groups excluding carboxylic acids is 1. The van der Waals surface area contributed by atoms with E-state index in [1.54, 1.807) is 12.1 Å². The maximum atomic E-state index is 12.3. The third-order valence-corrected chi connectivity index (χ3v) is 3.09. The summed E-state index contributed by atoms with van der Waals surface area (Å²) in [6, 6.07) is 5.40. The number of fused-ring (bicyclic) bond motifs is 1. The van der Waals surface area contributed by atoms with Crippen molar-refractivity contribution in [2.45, 2.75) is 19.0 Å². The molecule has 1 aromatic rings. The molecule has 132 valence electrons. The lowest BCUT2D eigenvalue weighted by Gasteiger charge is -2.08. The number of carboxylic acid groups (broad SMARTS) is 1. The van der Waals surface area contributed by atoms with Crippen LogP contribution in [0.15, 0.2) is 30.1 Å². The average Bonchev–Trinajstić information content (AvgIpc) is 2.89. The number of hydrogen-bond donors (Lipinski definition) is 2. The number of aliphatic carboxylic acids is 1. The number of nitrogens with two attached hydrogens (primary N) is 1. The van der Waals surface area contributed by atoms with Gasteiger partial charge in [-0.1, -0.05) is 6.07 Å². The Morgan fingerprint density at radius 2 is 1.96 bits per heavy atom. The van der Waals surface area contributed by atoms with Crippen LogP contribution in [0.25, 0.3) is 0 Å². The van der Waals surface area contributed by atoms with Crippen molar-refractivity contribution in [1.29, 1.82) is 0 Å². The molecular weight excluding hydrogens is 334 g/mol. The van der Waals surface area contributed by atoms with E-state index in [4.69, 9.17) is 20.4 Å². The van der Waals surface area contributed by atoms with Crippen molar-refractivity contribution in [2.24, 2.45) is 5.73 Å². The lowest BCUT2D eigenvalue weighted by Crippen LogP contribution is -2.21. The van der Waals surface area contributed by atoms with Gasteiger partial charge in [-0.3, -0.25) is 4.79 Å². The predicted octanol–water partition coefficient (Wildman–Crippen LogP) is 2.64. The molecule has 0 radical (unpaired) electrons. The Labute approximate surface area is 134 Å². The molecule has 0 amide bonds. The van der Waals surface area contributed by atoms with Crippen molar-refractivity contribution in [3.05, 3.63) is 41.2 Å². The highest BCUT2D eigenvalue weighted by molar-refractivity contribution is 6.00. The number of ketones is 1. The molecule has 3 N–H and O–H groups in total. The van der Waals surface area contributed by atoms with E-state index >= 15 is 0 Å². The number of Topliss-reactive ketones (excluding diaryl/α,β-unsaturated/α-hetero) is 1. The first kappa shape index (κ1) is 19.6. The lowest BCUT2D eigenvalue weighted by molar-refractivity contribution is -0.192. The van der Waals surface area contributed by atoms with Gasteiger partial charge in [0.25, 0.3) is 0 Å². The number of hydrogen-bond acceptors (Lipinski definition) is 4. The zero-order chi connectivity index (χ0) is 18.3. The Kier molecular flexibility index (Phi) is 6.90. The van der Waals surface area contributed by atoms with Gasteiger partial charge in [0.05, 0.1) is 6.33 Å².